The molecule has 2 N–H and O–H groups in total. The number of anilines is 1. The molecule has 21 heavy (non-hydrogen) atoms. The van der Waals surface area contributed by atoms with E-state index in [-0.39, 0.29) is 18.2 Å². The molecule has 0 aliphatic rings. The van der Waals surface area contributed by atoms with E-state index in [0.29, 0.717) is 13.0 Å². The zero-order valence-corrected chi connectivity index (χ0v) is 12.5. The van der Waals surface area contributed by atoms with Crippen molar-refractivity contribution in [1.29, 1.82) is 0 Å². The largest absolute Gasteiger partial charge is 0.481 e. The van der Waals surface area contributed by atoms with Gasteiger partial charge in [-0.15, -0.1) is 0 Å². The van der Waals surface area contributed by atoms with Crippen molar-refractivity contribution >= 4 is 17.7 Å². The molecule has 0 fully saturated rings. The molecule has 1 aromatic carbocycles. The van der Waals surface area contributed by atoms with Crippen LogP contribution in [0.5, 0.6) is 0 Å². The number of carboxylic acids is 1. The van der Waals surface area contributed by atoms with E-state index in [9.17, 15) is 14.0 Å². The van der Waals surface area contributed by atoms with Gasteiger partial charge in [-0.2, -0.15) is 0 Å². The Labute approximate surface area is 123 Å². The SMILES string of the molecule is Cc1ccc(F)c(NC(=O)N(CCCC(=O)O)C(C)C)c1. The van der Waals surface area contributed by atoms with Gasteiger partial charge in [0, 0.05) is 19.0 Å². The number of rotatable bonds is 6. The zero-order valence-electron chi connectivity index (χ0n) is 12.5. The lowest BCUT2D eigenvalue weighted by Gasteiger charge is -2.27. The number of aliphatic carboxylic acids is 1. The molecular formula is C15H21FN2O3. The minimum absolute atomic E-state index is 0.00466. The quantitative estimate of drug-likeness (QED) is 0.846. The van der Waals surface area contributed by atoms with Crippen LogP contribution in [0.4, 0.5) is 14.9 Å². The van der Waals surface area contributed by atoms with Crippen LogP contribution in [0.2, 0.25) is 0 Å². The summed E-state index contributed by atoms with van der Waals surface area (Å²) in [5, 5.41) is 11.2. The molecule has 0 aromatic heterocycles. The van der Waals surface area contributed by atoms with Gasteiger partial charge in [0.1, 0.15) is 5.82 Å². The number of nitrogens with one attached hydrogen (secondary N) is 1. The Morgan fingerprint density at radius 1 is 1.38 bits per heavy atom. The number of carboxylic acid groups (broad SMARTS) is 1. The molecule has 0 aliphatic carbocycles. The van der Waals surface area contributed by atoms with Gasteiger partial charge >= 0.3 is 12.0 Å². The first-order valence-electron chi connectivity index (χ1n) is 6.87. The summed E-state index contributed by atoms with van der Waals surface area (Å²) in [6.07, 6.45) is 0.354. The highest BCUT2D eigenvalue weighted by atomic mass is 19.1. The smallest absolute Gasteiger partial charge is 0.322 e. The van der Waals surface area contributed by atoms with E-state index in [1.165, 1.54) is 11.0 Å². The number of carbonyl (C=O) groups is 2. The molecule has 2 amide bonds. The second-order valence-electron chi connectivity index (χ2n) is 5.20. The molecule has 1 aromatic rings. The average molecular weight is 296 g/mol. The Kier molecular flexibility index (Phi) is 6.14. The Morgan fingerprint density at radius 3 is 2.62 bits per heavy atom. The third-order valence-electron chi connectivity index (χ3n) is 3.04. The van der Waals surface area contributed by atoms with Crippen LogP contribution in [0.3, 0.4) is 0 Å². The number of amides is 2. The van der Waals surface area contributed by atoms with Crippen molar-refractivity contribution in [2.45, 2.75) is 39.7 Å². The molecule has 0 atom stereocenters. The highest BCUT2D eigenvalue weighted by Crippen LogP contribution is 2.17. The summed E-state index contributed by atoms with van der Waals surface area (Å²) in [5.41, 5.74) is 0.970. The van der Waals surface area contributed by atoms with Crippen LogP contribution in [0, 0.1) is 12.7 Å². The molecule has 0 unspecified atom stereocenters. The molecule has 0 heterocycles. The molecule has 0 aliphatic heterocycles. The number of carbonyl (C=O) groups excluding carboxylic acids is 1. The fraction of sp³-hybridized carbons (Fsp3) is 0.467. The molecule has 0 bridgehead atoms. The number of hydrogen-bond acceptors (Lipinski definition) is 2. The second-order valence-corrected chi connectivity index (χ2v) is 5.20. The van der Waals surface area contributed by atoms with Gasteiger partial charge in [0.2, 0.25) is 0 Å². The van der Waals surface area contributed by atoms with Crippen LogP contribution in [0.1, 0.15) is 32.3 Å². The average Bonchev–Trinajstić information content (AvgIpc) is 2.38. The normalized spacial score (nSPS) is 10.5. The lowest BCUT2D eigenvalue weighted by molar-refractivity contribution is -0.137. The van der Waals surface area contributed by atoms with Crippen molar-refractivity contribution in [1.82, 2.24) is 4.90 Å². The zero-order chi connectivity index (χ0) is 16.0. The summed E-state index contributed by atoms with van der Waals surface area (Å²) in [5.74, 6) is -1.40. The van der Waals surface area contributed by atoms with Crippen LogP contribution in [0.25, 0.3) is 0 Å². The molecule has 5 nitrogen and oxygen atoms in total. The predicted octanol–water partition coefficient (Wildman–Crippen LogP) is 3.24. The third-order valence-corrected chi connectivity index (χ3v) is 3.04. The highest BCUT2D eigenvalue weighted by Gasteiger charge is 2.18. The molecule has 6 heteroatoms. The van der Waals surface area contributed by atoms with Gasteiger partial charge in [-0.05, 0) is 44.9 Å². The number of hydrogen-bond donors (Lipinski definition) is 2. The van der Waals surface area contributed by atoms with Crippen molar-refractivity contribution < 1.29 is 19.1 Å². The van der Waals surface area contributed by atoms with Gasteiger partial charge in [0.15, 0.2) is 0 Å². The molecule has 116 valence electrons. The maximum atomic E-state index is 13.6. The summed E-state index contributed by atoms with van der Waals surface area (Å²) in [4.78, 5) is 24.2. The number of aryl methyl sites for hydroxylation is 1. The Bertz CT molecular complexity index is 518. The lowest BCUT2D eigenvalue weighted by atomic mass is 10.2. The van der Waals surface area contributed by atoms with Crippen LogP contribution < -0.4 is 5.32 Å². The highest BCUT2D eigenvalue weighted by molar-refractivity contribution is 5.89. The van der Waals surface area contributed by atoms with Gasteiger partial charge in [-0.1, -0.05) is 6.07 Å². The Hall–Kier alpha value is -2.11. The van der Waals surface area contributed by atoms with Crippen LogP contribution in [-0.2, 0) is 4.79 Å². The number of nitrogens with zero attached hydrogens (tertiary/aromatic N) is 1. The monoisotopic (exact) mass is 296 g/mol. The standard InChI is InChI=1S/C15H21FN2O3/c1-10(2)18(8-4-5-14(19)20)15(21)17-13-9-11(3)6-7-12(13)16/h6-7,9-10H,4-5,8H2,1-3H3,(H,17,21)(H,19,20). The van der Waals surface area contributed by atoms with Gasteiger partial charge < -0.3 is 15.3 Å². The van der Waals surface area contributed by atoms with Crippen molar-refractivity contribution in [2.75, 3.05) is 11.9 Å². The minimum atomic E-state index is -0.899. The summed E-state index contributed by atoms with van der Waals surface area (Å²) < 4.78 is 13.6. The predicted molar refractivity (Wildman–Crippen MR) is 78.9 cm³/mol. The second kappa shape index (κ2) is 7.61. The van der Waals surface area contributed by atoms with Crippen molar-refractivity contribution in [2.24, 2.45) is 0 Å². The van der Waals surface area contributed by atoms with Gasteiger partial charge in [-0.3, -0.25) is 4.79 Å². The fourth-order valence-electron chi connectivity index (χ4n) is 1.92. The topological polar surface area (TPSA) is 69.6 Å². The fourth-order valence-corrected chi connectivity index (χ4v) is 1.92. The molecule has 0 saturated carbocycles. The third kappa shape index (κ3) is 5.41. The Balaban J connectivity index is 2.72. The first-order chi connectivity index (χ1) is 9.81. The molecule has 0 spiro atoms. The van der Waals surface area contributed by atoms with E-state index < -0.39 is 17.8 Å². The van der Waals surface area contributed by atoms with Crippen LogP contribution >= 0.6 is 0 Å². The van der Waals surface area contributed by atoms with Crippen molar-refractivity contribution in [3.8, 4) is 0 Å². The molecule has 1 rings (SSSR count). The van der Waals surface area contributed by atoms with Crippen LogP contribution in [-0.4, -0.2) is 34.6 Å². The summed E-state index contributed by atoms with van der Waals surface area (Å²) >= 11 is 0. The van der Waals surface area contributed by atoms with Crippen molar-refractivity contribution in [3.05, 3.63) is 29.6 Å². The van der Waals surface area contributed by atoms with E-state index in [4.69, 9.17) is 5.11 Å². The van der Waals surface area contributed by atoms with E-state index in [0.717, 1.165) is 5.56 Å². The van der Waals surface area contributed by atoms with Crippen LogP contribution in [0.15, 0.2) is 18.2 Å². The Morgan fingerprint density at radius 2 is 2.05 bits per heavy atom. The van der Waals surface area contributed by atoms with E-state index >= 15 is 0 Å². The van der Waals surface area contributed by atoms with Crippen molar-refractivity contribution in [3.63, 3.8) is 0 Å². The molecule has 0 saturated heterocycles. The van der Waals surface area contributed by atoms with E-state index in [1.54, 1.807) is 12.1 Å². The van der Waals surface area contributed by atoms with Gasteiger partial charge in [0.25, 0.3) is 0 Å². The summed E-state index contributed by atoms with van der Waals surface area (Å²) in [6.45, 7) is 5.77. The van der Waals surface area contributed by atoms with E-state index in [2.05, 4.69) is 5.32 Å². The minimum Gasteiger partial charge on any atom is -0.481 e. The maximum Gasteiger partial charge on any atom is 0.322 e. The van der Waals surface area contributed by atoms with Gasteiger partial charge in [0.05, 0.1) is 5.69 Å². The molecule has 0 radical (unpaired) electrons. The molecular weight excluding hydrogens is 275 g/mol. The first-order valence-corrected chi connectivity index (χ1v) is 6.87. The number of halogens is 1. The number of urea groups is 1. The summed E-state index contributed by atoms with van der Waals surface area (Å²) in [7, 11) is 0. The lowest BCUT2D eigenvalue weighted by Crippen LogP contribution is -2.41. The summed E-state index contributed by atoms with van der Waals surface area (Å²) in [6, 6.07) is 3.95. The van der Waals surface area contributed by atoms with E-state index in [1.807, 2.05) is 20.8 Å². The van der Waals surface area contributed by atoms with Gasteiger partial charge in [-0.25, -0.2) is 9.18 Å². The first kappa shape index (κ1) is 16.9. The maximum absolute atomic E-state index is 13.6. The number of benzene rings is 1.